The molecule has 4 atom stereocenters. The highest BCUT2D eigenvalue weighted by atomic mass is 16.2. The SMILES string of the molecule is CC(C)N1C(=O)C2=CC=C3C4=c5c6c(ccc5=C5C=CC(=C2C35)C1=O)C(=O)N(C(C)C)C(=O)C6C=C4c1ccc(-c2c3c4ccccc4n(-c4ccccc4)c3c(-c3ccc(C4=CC5=C6C(=CC=C7C8=c9c%10c(ccc9=C4C76)C(=O)N(C(C)C)C(=O)C%10C=C8)C(=O)N(C(C)C)C5=O)cc3)c3c4ccccc4n(-c4ccccc4)c23)cc1. The van der Waals surface area contributed by atoms with Gasteiger partial charge in [-0.25, -0.2) is 0 Å². The van der Waals surface area contributed by atoms with E-state index in [-0.39, 0.29) is 59.3 Å². The van der Waals surface area contributed by atoms with Gasteiger partial charge in [0.05, 0.1) is 33.9 Å². The van der Waals surface area contributed by atoms with Crippen molar-refractivity contribution in [3.05, 3.63) is 342 Å². The fourth-order valence-electron chi connectivity index (χ4n) is 21.6. The molecule has 6 heterocycles. The molecule has 4 aliphatic heterocycles. The van der Waals surface area contributed by atoms with Gasteiger partial charge in [0.2, 0.25) is 11.8 Å². The summed E-state index contributed by atoms with van der Waals surface area (Å²) in [6.45, 7) is 14.9. The number of hydrogen-bond acceptors (Lipinski definition) is 8. The number of aromatic nitrogens is 2. The number of allylic oxidation sites excluding steroid dienone is 10. The molecule has 2 aromatic heterocycles. The third-order valence-electron chi connectivity index (χ3n) is 26.2. The maximum absolute atomic E-state index is 15.4. The molecule has 9 aromatic carbocycles. The van der Waals surface area contributed by atoms with Gasteiger partial charge in [-0.2, -0.15) is 0 Å². The number of nitrogens with zero attached hydrogens (tertiary/aromatic N) is 6. The number of amides is 8. The first-order valence-corrected chi connectivity index (χ1v) is 40.1. The van der Waals surface area contributed by atoms with Gasteiger partial charge >= 0.3 is 0 Å². The van der Waals surface area contributed by atoms with Gasteiger partial charge in [0, 0.05) is 113 Å². The van der Waals surface area contributed by atoms with E-state index in [2.05, 4.69) is 161 Å². The van der Waals surface area contributed by atoms with Crippen LogP contribution in [-0.4, -0.2) is 100 Å². The Labute approximate surface area is 665 Å². The van der Waals surface area contributed by atoms with Crippen molar-refractivity contribution in [1.29, 1.82) is 0 Å². The second-order valence-electron chi connectivity index (χ2n) is 33.4. The van der Waals surface area contributed by atoms with Gasteiger partial charge in [-0.15, -0.1) is 0 Å². The van der Waals surface area contributed by atoms with E-state index < -0.39 is 35.8 Å². The summed E-state index contributed by atoms with van der Waals surface area (Å²) in [7, 11) is 0. The Balaban J connectivity index is 0.776. The summed E-state index contributed by atoms with van der Waals surface area (Å²) in [6, 6.07) is 61.9. The highest BCUT2D eigenvalue weighted by Crippen LogP contribution is 2.58. The fourth-order valence-corrected chi connectivity index (χ4v) is 21.6. The zero-order valence-electron chi connectivity index (χ0n) is 64.7. The van der Waals surface area contributed by atoms with E-state index in [1.54, 1.807) is 0 Å². The number of rotatable bonds is 10. The molecular formula is C102H72N6O8. The predicted octanol–water partition coefficient (Wildman–Crippen LogP) is 15.2. The van der Waals surface area contributed by atoms with E-state index in [9.17, 15) is 28.8 Å². The topological polar surface area (TPSA) is 159 Å². The number of fused-ring (bicyclic) bond motifs is 8. The van der Waals surface area contributed by atoms with Crippen molar-refractivity contribution < 1.29 is 38.4 Å². The lowest BCUT2D eigenvalue weighted by Crippen LogP contribution is -2.54. The molecule has 116 heavy (non-hydrogen) atoms. The number of imide groups is 4. The van der Waals surface area contributed by atoms with Crippen LogP contribution in [-0.2, 0) is 28.8 Å². The Bertz CT molecular complexity index is 7370. The Morgan fingerprint density at radius 2 is 0.810 bits per heavy atom. The quantitative estimate of drug-likeness (QED) is 0.122. The van der Waals surface area contributed by atoms with Gasteiger partial charge in [0.25, 0.3) is 35.4 Å². The van der Waals surface area contributed by atoms with E-state index >= 15 is 9.59 Å². The molecule has 11 aromatic rings. The van der Waals surface area contributed by atoms with Gasteiger partial charge < -0.3 is 9.13 Å². The van der Waals surface area contributed by atoms with Crippen LogP contribution in [0.15, 0.2) is 287 Å². The van der Waals surface area contributed by atoms with E-state index in [1.807, 2.05) is 146 Å². The molecule has 0 bridgehead atoms. The molecule has 14 heteroatoms. The van der Waals surface area contributed by atoms with Crippen LogP contribution in [0.4, 0.5) is 0 Å². The van der Waals surface area contributed by atoms with Crippen molar-refractivity contribution in [2.45, 2.75) is 91.4 Å². The van der Waals surface area contributed by atoms with Crippen LogP contribution < -0.4 is 20.9 Å². The van der Waals surface area contributed by atoms with Crippen LogP contribution in [0.2, 0.25) is 0 Å². The van der Waals surface area contributed by atoms with Gasteiger partial charge in [-0.1, -0.05) is 170 Å². The zero-order valence-corrected chi connectivity index (χ0v) is 64.7. The minimum atomic E-state index is -0.814. The van der Waals surface area contributed by atoms with E-state index in [4.69, 9.17) is 0 Å². The lowest BCUT2D eigenvalue weighted by Gasteiger charge is -2.44. The van der Waals surface area contributed by atoms with Crippen LogP contribution in [0.3, 0.4) is 0 Å². The highest BCUT2D eigenvalue weighted by Gasteiger charge is 2.53. The number of para-hydroxylation sites is 4. The smallest absolute Gasteiger partial charge is 0.261 e. The van der Waals surface area contributed by atoms with E-state index in [0.29, 0.717) is 55.7 Å². The maximum Gasteiger partial charge on any atom is 0.261 e. The average Bonchev–Trinajstić information content (AvgIpc) is 1.16. The summed E-state index contributed by atoms with van der Waals surface area (Å²) in [5.74, 6) is -5.16. The summed E-state index contributed by atoms with van der Waals surface area (Å²) in [5.41, 5.74) is 23.7. The van der Waals surface area contributed by atoms with Crippen LogP contribution in [0, 0.1) is 11.8 Å². The number of carbonyl (C=O) groups excluding carboxylic acids is 8. The first-order chi connectivity index (χ1) is 56.3. The number of benzene rings is 9. The third-order valence-corrected chi connectivity index (χ3v) is 26.2. The molecule has 0 saturated heterocycles. The molecule has 0 fully saturated rings. The molecule has 558 valence electrons. The van der Waals surface area contributed by atoms with Crippen molar-refractivity contribution in [3.8, 4) is 33.6 Å². The molecule has 0 radical (unpaired) electrons. The van der Waals surface area contributed by atoms with Gasteiger partial charge in [-0.3, -0.25) is 58.0 Å². The minimum absolute atomic E-state index is 0.268. The standard InChI is InChI=1S/C102H72N6O8/c1-49(2)103-95(109)67-41-35-59-61-37-43-71-87-75(101(115)105(51(5)6)99(71)113)47-73(83(89(61)87)65-39-45-69(97(103)111)85(67)81(59)65)53-27-31-55(32-28-53)79-91-63-23-15-17-25-77(63)108(58-21-13-10-14-22-58)94(91)80(92-64-24-16-18-26-78(64)107(93(79)92)57-19-11-9-12-20-57)56-33-29-54(30-34-56)74-48-76-88-72(100(114)106(52(7)8)102(76)116)44-38-62-60-36-42-68-86-70(98(112)104(50(3)4)96(68)110)46-40-66(82(60)86)84(74)90(62)88/h9-52,67,76,82,89H,1-8H3. The first kappa shape index (κ1) is 67.7. The van der Waals surface area contributed by atoms with Crippen molar-refractivity contribution in [3.63, 3.8) is 0 Å². The van der Waals surface area contributed by atoms with Crippen molar-refractivity contribution in [2.75, 3.05) is 0 Å². The summed E-state index contributed by atoms with van der Waals surface area (Å²) in [5, 5.41) is 7.36. The molecule has 8 amide bonds. The number of hydrogen-bond donors (Lipinski definition) is 0. The molecule has 8 aliphatic carbocycles. The summed E-state index contributed by atoms with van der Waals surface area (Å²) in [6.07, 6.45) is 19.6. The highest BCUT2D eigenvalue weighted by molar-refractivity contribution is 6.34. The normalized spacial score (nSPS) is 20.6. The molecule has 4 unspecified atom stereocenters. The maximum atomic E-state index is 15.4. The Kier molecular flexibility index (Phi) is 13.9. The summed E-state index contributed by atoms with van der Waals surface area (Å²) >= 11 is 0. The van der Waals surface area contributed by atoms with Gasteiger partial charge in [0.15, 0.2) is 0 Å². The lowest BCUT2D eigenvalue weighted by atomic mass is 9.62. The monoisotopic (exact) mass is 1510 g/mol. The Morgan fingerprint density at radius 1 is 0.345 bits per heavy atom. The molecule has 12 aliphatic rings. The second kappa shape index (κ2) is 23.8. The summed E-state index contributed by atoms with van der Waals surface area (Å²) in [4.78, 5) is 124. The van der Waals surface area contributed by atoms with Crippen LogP contribution >= 0.6 is 0 Å². The second-order valence-corrected chi connectivity index (χ2v) is 33.4. The fraction of sp³-hybridized carbons (Fsp3) is 0.157. The predicted molar refractivity (Wildman–Crippen MR) is 451 cm³/mol. The molecule has 0 saturated carbocycles. The molecule has 23 rings (SSSR count). The summed E-state index contributed by atoms with van der Waals surface area (Å²) < 4.78 is 4.81. The Hall–Kier alpha value is -14.0. The molecule has 0 spiro atoms. The largest absolute Gasteiger partial charge is 0.309 e. The zero-order chi connectivity index (χ0) is 78.9. The van der Waals surface area contributed by atoms with E-state index in [0.717, 1.165) is 154 Å². The average molecular weight is 1510 g/mol. The van der Waals surface area contributed by atoms with Gasteiger partial charge in [-0.05, 0) is 238 Å². The van der Waals surface area contributed by atoms with Crippen molar-refractivity contribution >= 4 is 124 Å². The molecule has 14 nitrogen and oxygen atoms in total. The van der Waals surface area contributed by atoms with Crippen molar-refractivity contribution in [1.82, 2.24) is 28.7 Å². The number of carbonyl (C=O) groups is 8. The van der Waals surface area contributed by atoms with Crippen LogP contribution in [0.1, 0.15) is 110 Å². The van der Waals surface area contributed by atoms with Crippen LogP contribution in [0.5, 0.6) is 0 Å². The van der Waals surface area contributed by atoms with Gasteiger partial charge in [0.1, 0.15) is 0 Å². The molecule has 0 N–H and O–H groups in total. The minimum Gasteiger partial charge on any atom is -0.309 e. The lowest BCUT2D eigenvalue weighted by molar-refractivity contribution is -0.144. The first-order valence-electron chi connectivity index (χ1n) is 40.1. The molecular weight excluding hydrogens is 1440 g/mol. The Morgan fingerprint density at radius 3 is 1.35 bits per heavy atom. The van der Waals surface area contributed by atoms with Crippen molar-refractivity contribution in [2.24, 2.45) is 11.8 Å². The van der Waals surface area contributed by atoms with Crippen LogP contribution in [0.25, 0.3) is 111 Å². The third kappa shape index (κ3) is 8.58. The van der Waals surface area contributed by atoms with E-state index in [1.165, 1.54) is 19.6 Å².